The lowest BCUT2D eigenvalue weighted by molar-refractivity contribution is -0.118. The second kappa shape index (κ2) is 5.32. The first-order chi connectivity index (χ1) is 8.25. The molecule has 0 saturated carbocycles. The van der Waals surface area contributed by atoms with Gasteiger partial charge in [-0.25, -0.2) is 12.7 Å². The summed E-state index contributed by atoms with van der Waals surface area (Å²) in [5.41, 5.74) is 4.60. The second-order valence-electron chi connectivity index (χ2n) is 3.90. The Morgan fingerprint density at radius 2 is 2.00 bits per heavy atom. The minimum Gasteiger partial charge on any atom is -0.370 e. The van der Waals surface area contributed by atoms with Crippen molar-refractivity contribution in [3.05, 3.63) is 28.7 Å². The lowest BCUT2D eigenvalue weighted by atomic mass is 10.4. The summed E-state index contributed by atoms with van der Waals surface area (Å²) >= 11 is 0. The maximum absolute atomic E-state index is 11.9. The Labute approximate surface area is 105 Å². The van der Waals surface area contributed by atoms with E-state index in [9.17, 15) is 18.0 Å². The van der Waals surface area contributed by atoms with Crippen molar-refractivity contribution in [2.45, 2.75) is 17.9 Å². The average Bonchev–Trinajstić information content (AvgIpc) is 2.27. The van der Waals surface area contributed by atoms with Crippen molar-refractivity contribution in [2.75, 3.05) is 14.1 Å². The molecule has 0 bridgehead atoms. The van der Waals surface area contributed by atoms with Gasteiger partial charge in [-0.3, -0.25) is 9.59 Å². The van der Waals surface area contributed by atoms with E-state index in [0.717, 1.165) is 14.9 Å². The summed E-state index contributed by atoms with van der Waals surface area (Å²) < 4.78 is 25.9. The molecule has 7 nitrogen and oxygen atoms in total. The zero-order valence-corrected chi connectivity index (χ0v) is 11.0. The number of hydrogen-bond acceptors (Lipinski definition) is 4. The van der Waals surface area contributed by atoms with Crippen LogP contribution in [0.1, 0.15) is 6.42 Å². The van der Waals surface area contributed by atoms with Gasteiger partial charge in [-0.1, -0.05) is 0 Å². The molecule has 0 fully saturated rings. The van der Waals surface area contributed by atoms with Crippen LogP contribution in [0.4, 0.5) is 0 Å². The molecule has 0 aliphatic carbocycles. The molecule has 0 aliphatic rings. The molecule has 18 heavy (non-hydrogen) atoms. The number of pyridine rings is 1. The Balaban J connectivity index is 3.16. The minimum atomic E-state index is -3.60. The van der Waals surface area contributed by atoms with Gasteiger partial charge < -0.3 is 10.3 Å². The Bertz CT molecular complexity index is 604. The predicted octanol–water partition coefficient (Wildman–Crippen LogP) is -1.03. The first-order valence-electron chi connectivity index (χ1n) is 5.16. The first-order valence-corrected chi connectivity index (χ1v) is 6.60. The SMILES string of the molecule is CN(C)S(=O)(=O)c1ccc(=O)n(CCC(N)=O)c1. The van der Waals surface area contributed by atoms with E-state index in [1.807, 2.05) is 0 Å². The molecule has 0 spiro atoms. The molecule has 1 rings (SSSR count). The fraction of sp³-hybridized carbons (Fsp3) is 0.400. The van der Waals surface area contributed by atoms with E-state index in [1.54, 1.807) is 0 Å². The minimum absolute atomic E-state index is 0.00318. The van der Waals surface area contributed by atoms with Gasteiger partial charge in [0.1, 0.15) is 0 Å². The van der Waals surface area contributed by atoms with Crippen LogP contribution in [0.5, 0.6) is 0 Å². The summed E-state index contributed by atoms with van der Waals surface area (Å²) in [5, 5.41) is 0. The van der Waals surface area contributed by atoms with Gasteiger partial charge in [-0.05, 0) is 6.07 Å². The molecule has 1 heterocycles. The number of rotatable bonds is 5. The Kier molecular flexibility index (Phi) is 4.25. The molecule has 1 aromatic rings. The highest BCUT2D eigenvalue weighted by Crippen LogP contribution is 2.10. The molecule has 0 aromatic carbocycles. The van der Waals surface area contributed by atoms with Gasteiger partial charge in [0.15, 0.2) is 0 Å². The molecular weight excluding hydrogens is 258 g/mol. The van der Waals surface area contributed by atoms with E-state index >= 15 is 0 Å². The van der Waals surface area contributed by atoms with Gasteiger partial charge in [0, 0.05) is 39.3 Å². The van der Waals surface area contributed by atoms with E-state index in [2.05, 4.69) is 0 Å². The van der Waals surface area contributed by atoms with E-state index in [1.165, 1.54) is 26.4 Å². The summed E-state index contributed by atoms with van der Waals surface area (Å²) in [7, 11) is -0.803. The van der Waals surface area contributed by atoms with Crippen molar-refractivity contribution in [1.29, 1.82) is 0 Å². The third kappa shape index (κ3) is 3.17. The average molecular weight is 273 g/mol. The molecular formula is C10H15N3O4S. The maximum Gasteiger partial charge on any atom is 0.250 e. The van der Waals surface area contributed by atoms with Crippen LogP contribution in [0.25, 0.3) is 0 Å². The Hall–Kier alpha value is -1.67. The van der Waals surface area contributed by atoms with Gasteiger partial charge in [0.05, 0.1) is 4.90 Å². The summed E-state index contributed by atoms with van der Waals surface area (Å²) in [6.07, 6.45) is 1.19. The van der Waals surface area contributed by atoms with Crippen LogP contribution in [0, 0.1) is 0 Å². The second-order valence-corrected chi connectivity index (χ2v) is 6.05. The van der Waals surface area contributed by atoms with Crippen molar-refractivity contribution >= 4 is 15.9 Å². The number of primary amides is 1. The zero-order valence-electron chi connectivity index (χ0n) is 10.2. The summed E-state index contributed by atoms with van der Waals surface area (Å²) in [4.78, 5) is 22.1. The molecule has 0 aliphatic heterocycles. The molecule has 2 N–H and O–H groups in total. The molecule has 1 amide bonds. The number of sulfonamides is 1. The van der Waals surface area contributed by atoms with Crippen LogP contribution in [0.15, 0.2) is 28.0 Å². The first kappa shape index (κ1) is 14.4. The molecule has 0 radical (unpaired) electrons. The normalized spacial score (nSPS) is 11.7. The summed E-state index contributed by atoms with van der Waals surface area (Å²) in [6.45, 7) is 0.0605. The molecule has 0 atom stereocenters. The molecule has 0 saturated heterocycles. The summed E-state index contributed by atoms with van der Waals surface area (Å²) in [6, 6.07) is 2.38. The fourth-order valence-electron chi connectivity index (χ4n) is 1.28. The molecule has 1 aromatic heterocycles. The van der Waals surface area contributed by atoms with Gasteiger partial charge in [-0.15, -0.1) is 0 Å². The van der Waals surface area contributed by atoms with Crippen LogP contribution in [-0.4, -0.2) is 37.3 Å². The Morgan fingerprint density at radius 1 is 1.39 bits per heavy atom. The van der Waals surface area contributed by atoms with E-state index in [-0.39, 0.29) is 23.4 Å². The van der Waals surface area contributed by atoms with Crippen molar-refractivity contribution in [1.82, 2.24) is 8.87 Å². The van der Waals surface area contributed by atoms with Gasteiger partial charge in [-0.2, -0.15) is 0 Å². The summed E-state index contributed by atoms with van der Waals surface area (Å²) in [5.74, 6) is -0.553. The van der Waals surface area contributed by atoms with Crippen molar-refractivity contribution in [3.63, 3.8) is 0 Å². The monoisotopic (exact) mass is 273 g/mol. The number of amides is 1. The van der Waals surface area contributed by atoms with Crippen LogP contribution < -0.4 is 11.3 Å². The van der Waals surface area contributed by atoms with E-state index in [4.69, 9.17) is 5.73 Å². The van der Waals surface area contributed by atoms with Crippen LogP contribution in [0.2, 0.25) is 0 Å². The Morgan fingerprint density at radius 3 is 2.50 bits per heavy atom. The number of nitrogens with two attached hydrogens (primary N) is 1. The lowest BCUT2D eigenvalue weighted by Crippen LogP contribution is -2.27. The highest BCUT2D eigenvalue weighted by Gasteiger charge is 2.18. The van der Waals surface area contributed by atoms with E-state index < -0.39 is 15.9 Å². The topological polar surface area (TPSA) is 102 Å². The van der Waals surface area contributed by atoms with Gasteiger partial charge in [0.25, 0.3) is 5.56 Å². The zero-order chi connectivity index (χ0) is 13.9. The third-order valence-corrected chi connectivity index (χ3v) is 4.13. The number of carbonyl (C=O) groups excluding carboxylic acids is 1. The highest BCUT2D eigenvalue weighted by atomic mass is 32.2. The van der Waals surface area contributed by atoms with Gasteiger partial charge in [0.2, 0.25) is 15.9 Å². The quantitative estimate of drug-likeness (QED) is 0.741. The van der Waals surface area contributed by atoms with Crippen LogP contribution in [-0.2, 0) is 21.4 Å². The maximum atomic E-state index is 11.9. The largest absolute Gasteiger partial charge is 0.370 e. The predicted molar refractivity (Wildman–Crippen MR) is 65.4 cm³/mol. The number of nitrogens with zero attached hydrogens (tertiary/aromatic N) is 2. The standard InChI is InChI=1S/C10H15N3O4S/c1-12(2)18(16,17)8-3-4-10(15)13(7-8)6-5-9(11)14/h3-4,7H,5-6H2,1-2H3,(H2,11,14). The van der Waals surface area contributed by atoms with E-state index in [0.29, 0.717) is 0 Å². The van der Waals surface area contributed by atoms with Crippen molar-refractivity contribution < 1.29 is 13.2 Å². The van der Waals surface area contributed by atoms with Crippen LogP contribution in [0.3, 0.4) is 0 Å². The third-order valence-electron chi connectivity index (χ3n) is 2.33. The smallest absolute Gasteiger partial charge is 0.250 e. The molecule has 0 unspecified atom stereocenters. The number of carbonyl (C=O) groups is 1. The number of aromatic nitrogens is 1. The van der Waals surface area contributed by atoms with Crippen LogP contribution >= 0.6 is 0 Å². The van der Waals surface area contributed by atoms with Crippen molar-refractivity contribution in [2.24, 2.45) is 5.73 Å². The van der Waals surface area contributed by atoms with Gasteiger partial charge >= 0.3 is 0 Å². The lowest BCUT2D eigenvalue weighted by Gasteiger charge is -2.12. The number of hydrogen-bond donors (Lipinski definition) is 1. The highest BCUT2D eigenvalue weighted by molar-refractivity contribution is 7.89. The fourth-order valence-corrected chi connectivity index (χ4v) is 2.20. The van der Waals surface area contributed by atoms with Crippen molar-refractivity contribution in [3.8, 4) is 0 Å². The molecule has 8 heteroatoms. The molecule has 100 valence electrons. The number of aryl methyl sites for hydroxylation is 1.